The number of amides is 1. The third kappa shape index (κ3) is 4.17. The van der Waals surface area contributed by atoms with Crippen LogP contribution in [0.25, 0.3) is 0 Å². The number of nitrogens with zero attached hydrogens (tertiary/aromatic N) is 3. The molecule has 1 saturated heterocycles. The van der Waals surface area contributed by atoms with Gasteiger partial charge in [0.15, 0.2) is 11.5 Å². The molecule has 2 aliphatic rings. The van der Waals surface area contributed by atoms with Gasteiger partial charge in [-0.05, 0) is 36.6 Å². The first kappa shape index (κ1) is 21.4. The van der Waals surface area contributed by atoms with Crippen molar-refractivity contribution in [2.75, 3.05) is 33.9 Å². The number of aromatic nitrogens is 1. The summed E-state index contributed by atoms with van der Waals surface area (Å²) in [5.74, 6) is 1.12. The number of sulfonamides is 1. The van der Waals surface area contributed by atoms with E-state index >= 15 is 0 Å². The number of fused-ring (bicyclic) bond motifs is 1. The quantitative estimate of drug-likeness (QED) is 0.684. The van der Waals surface area contributed by atoms with Crippen molar-refractivity contribution in [2.45, 2.75) is 30.3 Å². The van der Waals surface area contributed by atoms with Gasteiger partial charge in [0.05, 0.1) is 10.9 Å². The molecular formula is C21H25N3O6S. The molecule has 0 unspecified atom stereocenters. The number of likely N-dealkylation sites (tertiary alicyclic amines) is 1. The van der Waals surface area contributed by atoms with Gasteiger partial charge in [0.1, 0.15) is 19.8 Å². The second kappa shape index (κ2) is 8.35. The van der Waals surface area contributed by atoms with Crippen LogP contribution in [-0.2, 0) is 21.4 Å². The van der Waals surface area contributed by atoms with Crippen LogP contribution in [0.4, 0.5) is 0 Å². The molecule has 0 bridgehead atoms. The fourth-order valence-corrected chi connectivity index (χ4v) is 4.83. The van der Waals surface area contributed by atoms with Crippen molar-refractivity contribution in [1.29, 1.82) is 0 Å². The normalized spacial score (nSPS) is 18.4. The number of carbonyl (C=O) groups is 1. The van der Waals surface area contributed by atoms with Crippen molar-refractivity contribution in [3.8, 4) is 11.5 Å². The van der Waals surface area contributed by atoms with Gasteiger partial charge in [0.25, 0.3) is 5.56 Å². The molecule has 3 heterocycles. The zero-order chi connectivity index (χ0) is 22.2. The Bertz CT molecular complexity index is 1160. The third-order valence-electron chi connectivity index (χ3n) is 5.56. The van der Waals surface area contributed by atoms with Crippen LogP contribution < -0.4 is 15.0 Å². The summed E-state index contributed by atoms with van der Waals surface area (Å²) < 4.78 is 38.2. The van der Waals surface area contributed by atoms with Crippen LogP contribution in [0.3, 0.4) is 0 Å². The summed E-state index contributed by atoms with van der Waals surface area (Å²) in [5.41, 5.74) is 0.521. The number of hydrogen-bond acceptors (Lipinski definition) is 6. The van der Waals surface area contributed by atoms with Gasteiger partial charge in [-0.15, -0.1) is 0 Å². The van der Waals surface area contributed by atoms with Crippen LogP contribution >= 0.6 is 0 Å². The minimum Gasteiger partial charge on any atom is -0.486 e. The lowest BCUT2D eigenvalue weighted by atomic mass is 10.0. The summed E-state index contributed by atoms with van der Waals surface area (Å²) in [6.45, 7) is 1.34. The number of pyridine rings is 1. The number of carbonyl (C=O) groups excluding carboxylic acids is 1. The largest absolute Gasteiger partial charge is 0.486 e. The average Bonchev–Trinajstić information content (AvgIpc) is 3.25. The van der Waals surface area contributed by atoms with Gasteiger partial charge in [0, 0.05) is 32.9 Å². The van der Waals surface area contributed by atoms with Gasteiger partial charge >= 0.3 is 0 Å². The predicted molar refractivity (Wildman–Crippen MR) is 113 cm³/mol. The molecule has 0 spiro atoms. The van der Waals surface area contributed by atoms with E-state index in [2.05, 4.69) is 0 Å². The van der Waals surface area contributed by atoms with Gasteiger partial charge in [0.2, 0.25) is 15.9 Å². The predicted octanol–water partition coefficient (Wildman–Crippen LogP) is 1.23. The molecule has 1 aromatic heterocycles. The standard InChI is InChI=1S/C21H25N3O6S/c1-22(2)31(27,28)16-6-8-20(25)23(13-16)14-21(26)24-9-3-4-17(24)15-5-7-18-19(12-15)30-11-10-29-18/h5-8,12-13,17H,3-4,9-11,14H2,1-2H3/t17-/m0/s1. The lowest BCUT2D eigenvalue weighted by molar-refractivity contribution is -0.132. The van der Waals surface area contributed by atoms with E-state index in [1.165, 1.54) is 32.4 Å². The van der Waals surface area contributed by atoms with Crippen LogP contribution in [0.2, 0.25) is 0 Å². The molecule has 0 aliphatic carbocycles. The fourth-order valence-electron chi connectivity index (χ4n) is 3.91. The second-order valence-electron chi connectivity index (χ2n) is 7.77. The van der Waals surface area contributed by atoms with Crippen LogP contribution in [-0.4, -0.2) is 62.0 Å². The molecule has 10 heteroatoms. The molecule has 1 atom stereocenters. The average molecular weight is 448 g/mol. The van der Waals surface area contributed by atoms with Crippen LogP contribution in [0.5, 0.6) is 11.5 Å². The van der Waals surface area contributed by atoms with Gasteiger partial charge in [-0.3, -0.25) is 9.59 Å². The molecule has 0 radical (unpaired) electrons. The van der Waals surface area contributed by atoms with Crippen molar-refractivity contribution >= 4 is 15.9 Å². The van der Waals surface area contributed by atoms with E-state index in [1.54, 1.807) is 4.90 Å². The number of hydrogen-bond donors (Lipinski definition) is 0. The highest BCUT2D eigenvalue weighted by Crippen LogP contribution is 2.38. The highest BCUT2D eigenvalue weighted by Gasteiger charge is 2.31. The molecular weight excluding hydrogens is 422 g/mol. The number of rotatable bonds is 5. The van der Waals surface area contributed by atoms with E-state index in [0.717, 1.165) is 27.3 Å². The van der Waals surface area contributed by atoms with Crippen molar-refractivity contribution < 1.29 is 22.7 Å². The van der Waals surface area contributed by atoms with E-state index < -0.39 is 15.6 Å². The summed E-state index contributed by atoms with van der Waals surface area (Å²) in [6.07, 6.45) is 2.87. The second-order valence-corrected chi connectivity index (χ2v) is 9.92. The Balaban J connectivity index is 1.57. The lowest BCUT2D eigenvalue weighted by Gasteiger charge is -2.27. The zero-order valence-electron chi connectivity index (χ0n) is 17.5. The van der Waals surface area contributed by atoms with Crippen molar-refractivity contribution in [3.63, 3.8) is 0 Å². The maximum Gasteiger partial charge on any atom is 0.251 e. The highest BCUT2D eigenvalue weighted by atomic mass is 32.2. The summed E-state index contributed by atoms with van der Waals surface area (Å²) in [4.78, 5) is 27.1. The molecule has 0 N–H and O–H groups in total. The van der Waals surface area contributed by atoms with Gasteiger partial charge in [-0.1, -0.05) is 6.07 Å². The highest BCUT2D eigenvalue weighted by molar-refractivity contribution is 7.89. The molecule has 31 heavy (non-hydrogen) atoms. The monoisotopic (exact) mass is 447 g/mol. The van der Waals surface area contributed by atoms with E-state index in [4.69, 9.17) is 9.47 Å². The van der Waals surface area contributed by atoms with Crippen molar-refractivity contribution in [1.82, 2.24) is 13.8 Å². The first-order valence-corrected chi connectivity index (χ1v) is 11.5. The zero-order valence-corrected chi connectivity index (χ0v) is 18.3. The SMILES string of the molecule is CN(C)S(=O)(=O)c1ccc(=O)n(CC(=O)N2CCC[C@H]2c2ccc3c(c2)OCCO3)c1. The lowest BCUT2D eigenvalue weighted by Crippen LogP contribution is -2.36. The van der Waals surface area contributed by atoms with E-state index in [1.807, 2.05) is 18.2 Å². The van der Waals surface area contributed by atoms with Gasteiger partial charge < -0.3 is 18.9 Å². The molecule has 1 amide bonds. The van der Waals surface area contributed by atoms with Crippen molar-refractivity contribution in [2.24, 2.45) is 0 Å². The fraction of sp³-hybridized carbons (Fsp3) is 0.429. The summed E-state index contributed by atoms with van der Waals surface area (Å²) in [5, 5.41) is 0. The third-order valence-corrected chi connectivity index (χ3v) is 7.36. The molecule has 4 rings (SSSR count). The Labute approximate surface area is 180 Å². The van der Waals surface area contributed by atoms with E-state index in [9.17, 15) is 18.0 Å². The minimum atomic E-state index is -3.71. The molecule has 2 aromatic rings. The Morgan fingerprint density at radius 1 is 1.13 bits per heavy atom. The van der Waals surface area contributed by atoms with Crippen LogP contribution in [0.15, 0.2) is 46.2 Å². The molecule has 166 valence electrons. The van der Waals surface area contributed by atoms with Crippen LogP contribution in [0.1, 0.15) is 24.4 Å². The van der Waals surface area contributed by atoms with Crippen molar-refractivity contribution in [3.05, 3.63) is 52.4 Å². The molecule has 1 fully saturated rings. The molecule has 0 saturated carbocycles. The minimum absolute atomic E-state index is 0.0327. The molecule has 1 aromatic carbocycles. The number of ether oxygens (including phenoxy) is 2. The maximum atomic E-state index is 13.1. The molecule has 9 nitrogen and oxygen atoms in total. The maximum absolute atomic E-state index is 13.1. The summed E-state index contributed by atoms with van der Waals surface area (Å²) in [6, 6.07) is 7.98. The van der Waals surface area contributed by atoms with Gasteiger partial charge in [-0.25, -0.2) is 12.7 Å². The number of benzene rings is 1. The first-order chi connectivity index (χ1) is 14.8. The Hall–Kier alpha value is -2.85. The van der Waals surface area contributed by atoms with Gasteiger partial charge in [-0.2, -0.15) is 0 Å². The Morgan fingerprint density at radius 2 is 1.87 bits per heavy atom. The first-order valence-electron chi connectivity index (χ1n) is 10.1. The van der Waals surface area contributed by atoms with E-state index in [-0.39, 0.29) is 23.4 Å². The summed E-state index contributed by atoms with van der Waals surface area (Å²) >= 11 is 0. The Morgan fingerprint density at radius 3 is 2.61 bits per heavy atom. The van der Waals surface area contributed by atoms with Crippen LogP contribution in [0, 0.1) is 0 Å². The smallest absolute Gasteiger partial charge is 0.251 e. The molecule has 2 aliphatic heterocycles. The Kier molecular flexibility index (Phi) is 5.76. The topological polar surface area (TPSA) is 98.2 Å². The summed E-state index contributed by atoms with van der Waals surface area (Å²) in [7, 11) is -0.881. The van der Waals surface area contributed by atoms with E-state index in [0.29, 0.717) is 31.3 Å².